The summed E-state index contributed by atoms with van der Waals surface area (Å²) in [5.41, 5.74) is 2.63. The van der Waals surface area contributed by atoms with E-state index in [0.29, 0.717) is 0 Å². The highest BCUT2D eigenvalue weighted by atomic mass is 127. The molecule has 0 atom stereocenters. The van der Waals surface area contributed by atoms with Gasteiger partial charge in [-0.05, 0) is 59.7 Å². The topological polar surface area (TPSA) is 25.8 Å². The second-order valence-electron chi connectivity index (χ2n) is 3.52. The van der Waals surface area contributed by atoms with Gasteiger partial charge in [0.25, 0.3) is 0 Å². The highest BCUT2D eigenvalue weighted by Crippen LogP contribution is 2.29. The number of rotatable bonds is 2. The van der Waals surface area contributed by atoms with Crippen LogP contribution >= 0.6 is 34.4 Å². The third-order valence-corrected chi connectivity index (χ3v) is 4.49. The standard InChI is InChI=1S/C12H11IN2S/c1-8-3-4-10(5-9(8)2)16-12-11(13)6-14-7-15-12/h3-7H,1-2H3. The number of aromatic nitrogens is 2. The second-order valence-corrected chi connectivity index (χ2v) is 5.75. The average molecular weight is 342 g/mol. The summed E-state index contributed by atoms with van der Waals surface area (Å²) < 4.78 is 1.09. The van der Waals surface area contributed by atoms with Crippen LogP contribution in [0.15, 0.2) is 40.6 Å². The van der Waals surface area contributed by atoms with Crippen molar-refractivity contribution in [3.8, 4) is 0 Å². The zero-order valence-electron chi connectivity index (χ0n) is 9.07. The Morgan fingerprint density at radius 3 is 2.69 bits per heavy atom. The summed E-state index contributed by atoms with van der Waals surface area (Å²) in [7, 11) is 0. The first-order valence-corrected chi connectivity index (χ1v) is 6.77. The van der Waals surface area contributed by atoms with Crippen molar-refractivity contribution in [3.63, 3.8) is 0 Å². The van der Waals surface area contributed by atoms with E-state index >= 15 is 0 Å². The predicted octanol–water partition coefficient (Wildman–Crippen LogP) is 3.85. The van der Waals surface area contributed by atoms with Crippen molar-refractivity contribution in [1.29, 1.82) is 0 Å². The molecule has 0 radical (unpaired) electrons. The lowest BCUT2D eigenvalue weighted by Gasteiger charge is -2.05. The van der Waals surface area contributed by atoms with E-state index in [1.165, 1.54) is 16.0 Å². The zero-order chi connectivity index (χ0) is 11.5. The molecule has 0 aliphatic rings. The SMILES string of the molecule is Cc1ccc(Sc2ncncc2I)cc1C. The fourth-order valence-electron chi connectivity index (χ4n) is 1.27. The van der Waals surface area contributed by atoms with Crippen LogP contribution in [-0.4, -0.2) is 9.97 Å². The van der Waals surface area contributed by atoms with Crippen molar-refractivity contribution in [2.24, 2.45) is 0 Å². The summed E-state index contributed by atoms with van der Waals surface area (Å²) in [6, 6.07) is 6.47. The van der Waals surface area contributed by atoms with Gasteiger partial charge in [0.2, 0.25) is 0 Å². The molecule has 0 N–H and O–H groups in total. The van der Waals surface area contributed by atoms with E-state index < -0.39 is 0 Å². The van der Waals surface area contributed by atoms with Gasteiger partial charge in [-0.15, -0.1) is 0 Å². The van der Waals surface area contributed by atoms with Crippen LogP contribution in [0.25, 0.3) is 0 Å². The quantitative estimate of drug-likeness (QED) is 0.612. The second kappa shape index (κ2) is 5.14. The Bertz CT molecular complexity index is 514. The van der Waals surface area contributed by atoms with Crippen molar-refractivity contribution < 1.29 is 0 Å². The summed E-state index contributed by atoms with van der Waals surface area (Å²) in [6.45, 7) is 4.25. The van der Waals surface area contributed by atoms with E-state index in [1.54, 1.807) is 18.1 Å². The predicted molar refractivity (Wildman–Crippen MR) is 74.8 cm³/mol. The van der Waals surface area contributed by atoms with Crippen molar-refractivity contribution in [1.82, 2.24) is 9.97 Å². The lowest BCUT2D eigenvalue weighted by Crippen LogP contribution is -1.87. The first-order chi connectivity index (χ1) is 7.66. The van der Waals surface area contributed by atoms with Crippen LogP contribution in [-0.2, 0) is 0 Å². The summed E-state index contributed by atoms with van der Waals surface area (Å²) in [5.74, 6) is 0. The lowest BCUT2D eigenvalue weighted by molar-refractivity contribution is 1.02. The molecule has 0 fully saturated rings. The van der Waals surface area contributed by atoms with E-state index in [0.717, 1.165) is 8.60 Å². The Morgan fingerprint density at radius 2 is 2.00 bits per heavy atom. The van der Waals surface area contributed by atoms with Gasteiger partial charge in [0.05, 0.1) is 3.57 Å². The third-order valence-electron chi connectivity index (χ3n) is 2.33. The summed E-state index contributed by atoms with van der Waals surface area (Å²) in [5, 5.41) is 1.01. The molecule has 0 amide bonds. The van der Waals surface area contributed by atoms with Crippen molar-refractivity contribution in [2.45, 2.75) is 23.8 Å². The smallest absolute Gasteiger partial charge is 0.118 e. The number of aryl methyl sites for hydroxylation is 2. The first-order valence-electron chi connectivity index (χ1n) is 4.87. The molecule has 2 rings (SSSR count). The molecule has 2 nitrogen and oxygen atoms in total. The number of hydrogen-bond acceptors (Lipinski definition) is 3. The molecule has 16 heavy (non-hydrogen) atoms. The summed E-state index contributed by atoms with van der Waals surface area (Å²) in [6.07, 6.45) is 3.42. The van der Waals surface area contributed by atoms with Gasteiger partial charge in [-0.25, -0.2) is 9.97 Å². The number of benzene rings is 1. The van der Waals surface area contributed by atoms with Crippen LogP contribution in [0, 0.1) is 17.4 Å². The van der Waals surface area contributed by atoms with Crippen LogP contribution < -0.4 is 0 Å². The Morgan fingerprint density at radius 1 is 1.19 bits per heavy atom. The molecule has 0 saturated heterocycles. The van der Waals surface area contributed by atoms with Crippen LogP contribution in [0.1, 0.15) is 11.1 Å². The van der Waals surface area contributed by atoms with Crippen LogP contribution in [0.4, 0.5) is 0 Å². The van der Waals surface area contributed by atoms with Gasteiger partial charge >= 0.3 is 0 Å². The highest BCUT2D eigenvalue weighted by molar-refractivity contribution is 14.1. The third kappa shape index (κ3) is 2.74. The normalized spacial score (nSPS) is 10.4. The van der Waals surface area contributed by atoms with Crippen molar-refractivity contribution >= 4 is 34.4 Å². The number of nitrogens with zero attached hydrogens (tertiary/aromatic N) is 2. The van der Waals surface area contributed by atoms with E-state index in [2.05, 4.69) is 64.6 Å². The Balaban J connectivity index is 2.28. The monoisotopic (exact) mass is 342 g/mol. The van der Waals surface area contributed by atoms with Gasteiger partial charge in [0.15, 0.2) is 0 Å². The van der Waals surface area contributed by atoms with Gasteiger partial charge in [-0.3, -0.25) is 0 Å². The minimum absolute atomic E-state index is 1.01. The molecular formula is C12H11IN2S. The number of hydrogen-bond donors (Lipinski definition) is 0. The van der Waals surface area contributed by atoms with Crippen LogP contribution in [0.3, 0.4) is 0 Å². The van der Waals surface area contributed by atoms with E-state index in [4.69, 9.17) is 0 Å². The van der Waals surface area contributed by atoms with Gasteiger partial charge in [0.1, 0.15) is 11.4 Å². The van der Waals surface area contributed by atoms with E-state index in [1.807, 2.05) is 6.20 Å². The maximum Gasteiger partial charge on any atom is 0.118 e. The minimum Gasteiger partial charge on any atom is -0.244 e. The maximum absolute atomic E-state index is 4.27. The first kappa shape index (κ1) is 11.9. The molecule has 0 aliphatic heterocycles. The van der Waals surface area contributed by atoms with Gasteiger partial charge < -0.3 is 0 Å². The Kier molecular flexibility index (Phi) is 3.81. The fraction of sp³-hybridized carbons (Fsp3) is 0.167. The highest BCUT2D eigenvalue weighted by Gasteiger charge is 2.04. The Hall–Kier alpha value is -0.620. The lowest BCUT2D eigenvalue weighted by atomic mass is 10.1. The minimum atomic E-state index is 1.01. The van der Waals surface area contributed by atoms with Crippen LogP contribution in [0.2, 0.25) is 0 Å². The van der Waals surface area contributed by atoms with Gasteiger partial charge in [-0.1, -0.05) is 17.8 Å². The van der Waals surface area contributed by atoms with E-state index in [-0.39, 0.29) is 0 Å². The number of halogens is 1. The molecule has 2 aromatic rings. The van der Waals surface area contributed by atoms with Crippen molar-refractivity contribution in [2.75, 3.05) is 0 Å². The molecule has 0 unspecified atom stereocenters. The van der Waals surface area contributed by atoms with Gasteiger partial charge in [-0.2, -0.15) is 0 Å². The molecule has 1 heterocycles. The van der Waals surface area contributed by atoms with E-state index in [9.17, 15) is 0 Å². The molecule has 0 bridgehead atoms. The van der Waals surface area contributed by atoms with Crippen LogP contribution in [0.5, 0.6) is 0 Å². The molecular weight excluding hydrogens is 331 g/mol. The van der Waals surface area contributed by atoms with Gasteiger partial charge in [0, 0.05) is 11.1 Å². The molecule has 4 heteroatoms. The molecule has 1 aromatic heterocycles. The maximum atomic E-state index is 4.27. The largest absolute Gasteiger partial charge is 0.244 e. The fourth-order valence-corrected chi connectivity index (χ4v) is 2.74. The summed E-state index contributed by atoms with van der Waals surface area (Å²) in [4.78, 5) is 9.48. The summed E-state index contributed by atoms with van der Waals surface area (Å²) >= 11 is 3.94. The molecule has 0 saturated carbocycles. The molecule has 0 spiro atoms. The Labute approximate surface area is 113 Å². The molecule has 0 aliphatic carbocycles. The molecule has 1 aromatic carbocycles. The zero-order valence-corrected chi connectivity index (χ0v) is 12.0. The average Bonchev–Trinajstić information content (AvgIpc) is 2.27. The van der Waals surface area contributed by atoms with Crippen molar-refractivity contribution in [3.05, 3.63) is 45.4 Å². The molecule has 82 valence electrons.